The van der Waals surface area contributed by atoms with Gasteiger partial charge in [0.15, 0.2) is 11.0 Å². The van der Waals surface area contributed by atoms with Gasteiger partial charge in [-0.2, -0.15) is 0 Å². The number of hydrogen-bond acceptors (Lipinski definition) is 2. The van der Waals surface area contributed by atoms with Crippen LogP contribution in [-0.2, 0) is 0 Å². The highest BCUT2D eigenvalue weighted by Crippen LogP contribution is 2.37. The van der Waals surface area contributed by atoms with Crippen molar-refractivity contribution >= 4 is 33.4 Å². The van der Waals surface area contributed by atoms with Crippen LogP contribution >= 0.6 is 27.5 Å². The Balaban J connectivity index is 1.91. The Morgan fingerprint density at radius 3 is 2.67 bits per heavy atom. The Bertz CT molecular complexity index is 413. The number of furan rings is 1. The van der Waals surface area contributed by atoms with Crippen molar-refractivity contribution in [1.82, 2.24) is 5.32 Å². The summed E-state index contributed by atoms with van der Waals surface area (Å²) in [5.74, 6) is 0.0910. The Morgan fingerprint density at radius 1 is 1.39 bits per heavy atom. The summed E-state index contributed by atoms with van der Waals surface area (Å²) < 4.78 is 5.09. The van der Waals surface area contributed by atoms with E-state index in [1.807, 2.05) is 0 Å². The monoisotopic (exact) mass is 333 g/mol. The Hall–Kier alpha value is -0.480. The molecule has 2 rings (SSSR count). The number of carbonyl (C=O) groups excluding carboxylic acids is 1. The predicted octanol–water partition coefficient (Wildman–Crippen LogP) is 4.01. The van der Waals surface area contributed by atoms with Gasteiger partial charge in [0, 0.05) is 11.9 Å². The van der Waals surface area contributed by atoms with Crippen molar-refractivity contribution in [1.29, 1.82) is 0 Å². The quantitative estimate of drug-likeness (QED) is 0.845. The number of nitrogens with one attached hydrogen (secondary N) is 1. The molecule has 1 N–H and O–H groups in total. The van der Waals surface area contributed by atoms with Crippen LogP contribution in [0, 0.1) is 5.41 Å². The highest BCUT2D eigenvalue weighted by Gasteiger charge is 2.31. The van der Waals surface area contributed by atoms with E-state index in [-0.39, 0.29) is 22.3 Å². The van der Waals surface area contributed by atoms with Crippen LogP contribution in [0.5, 0.6) is 0 Å². The molecule has 1 saturated carbocycles. The molecule has 1 heterocycles. The summed E-state index contributed by atoms with van der Waals surface area (Å²) in [4.78, 5) is 11.9. The number of amides is 1. The van der Waals surface area contributed by atoms with Gasteiger partial charge < -0.3 is 9.73 Å². The van der Waals surface area contributed by atoms with E-state index in [0.717, 1.165) is 18.2 Å². The zero-order chi connectivity index (χ0) is 13.0. The van der Waals surface area contributed by atoms with Crippen LogP contribution in [0.4, 0.5) is 0 Å². The lowest BCUT2D eigenvalue weighted by atomic mass is 9.75. The molecule has 1 amide bonds. The van der Waals surface area contributed by atoms with Crippen LogP contribution in [0.1, 0.15) is 42.7 Å². The van der Waals surface area contributed by atoms with E-state index in [2.05, 4.69) is 21.2 Å². The molecule has 3 nitrogen and oxygen atoms in total. The third-order valence-corrected chi connectivity index (χ3v) is 5.01. The van der Waals surface area contributed by atoms with E-state index in [1.165, 1.54) is 19.3 Å². The summed E-state index contributed by atoms with van der Waals surface area (Å²) >= 11 is 9.24. The van der Waals surface area contributed by atoms with Gasteiger partial charge in [-0.05, 0) is 42.0 Å². The topological polar surface area (TPSA) is 42.2 Å². The molecule has 0 aliphatic heterocycles. The average molecular weight is 335 g/mol. The fourth-order valence-electron chi connectivity index (χ4n) is 2.45. The molecular formula is C13H17BrClNO2. The van der Waals surface area contributed by atoms with E-state index < -0.39 is 0 Å². The Morgan fingerprint density at radius 2 is 2.11 bits per heavy atom. The largest absolute Gasteiger partial charge is 0.440 e. The van der Waals surface area contributed by atoms with E-state index in [9.17, 15) is 4.79 Å². The van der Waals surface area contributed by atoms with Crippen LogP contribution in [0.25, 0.3) is 0 Å². The van der Waals surface area contributed by atoms with Crippen molar-refractivity contribution in [3.63, 3.8) is 0 Å². The van der Waals surface area contributed by atoms with Crippen molar-refractivity contribution in [2.75, 3.05) is 11.9 Å². The summed E-state index contributed by atoms with van der Waals surface area (Å²) in [6, 6.07) is 3.18. The molecule has 0 atom stereocenters. The molecule has 1 fully saturated rings. The van der Waals surface area contributed by atoms with E-state index in [0.29, 0.717) is 6.54 Å². The fourth-order valence-corrected chi connectivity index (χ4v) is 3.36. The van der Waals surface area contributed by atoms with Crippen molar-refractivity contribution in [3.05, 3.63) is 23.1 Å². The third kappa shape index (κ3) is 3.29. The van der Waals surface area contributed by atoms with Crippen molar-refractivity contribution in [2.24, 2.45) is 5.41 Å². The molecule has 1 aromatic heterocycles. The standard InChI is InChI=1S/C13H17BrClNO2/c14-8-13(6-2-1-3-7-13)9-16-12(17)10-4-5-11(15)18-10/h4-5H,1-3,6-9H2,(H,16,17). The van der Waals surface area contributed by atoms with E-state index >= 15 is 0 Å². The van der Waals surface area contributed by atoms with Crippen LogP contribution in [0.3, 0.4) is 0 Å². The Labute approximate surface area is 120 Å². The molecule has 0 radical (unpaired) electrons. The van der Waals surface area contributed by atoms with Gasteiger partial charge in [0.2, 0.25) is 0 Å². The van der Waals surface area contributed by atoms with E-state index in [4.69, 9.17) is 16.0 Å². The number of carbonyl (C=O) groups is 1. The second-order valence-corrected chi connectivity index (χ2v) is 5.91. The Kier molecular flexibility index (Phi) is 4.73. The summed E-state index contributed by atoms with van der Waals surface area (Å²) in [6.07, 6.45) is 6.12. The third-order valence-electron chi connectivity index (χ3n) is 3.62. The van der Waals surface area contributed by atoms with Crippen LogP contribution in [0.15, 0.2) is 16.5 Å². The normalized spacial score (nSPS) is 18.6. The highest BCUT2D eigenvalue weighted by molar-refractivity contribution is 9.09. The zero-order valence-electron chi connectivity index (χ0n) is 10.2. The second kappa shape index (κ2) is 6.11. The first kappa shape index (κ1) is 13.9. The van der Waals surface area contributed by atoms with Gasteiger partial charge in [-0.1, -0.05) is 35.2 Å². The molecule has 100 valence electrons. The number of rotatable bonds is 4. The minimum absolute atomic E-state index is 0.187. The van der Waals surface area contributed by atoms with Crippen LogP contribution in [0.2, 0.25) is 5.22 Å². The fraction of sp³-hybridized carbons (Fsp3) is 0.615. The summed E-state index contributed by atoms with van der Waals surface area (Å²) in [5.41, 5.74) is 0.199. The van der Waals surface area contributed by atoms with Gasteiger partial charge in [-0.25, -0.2) is 0 Å². The molecule has 0 saturated heterocycles. The molecule has 18 heavy (non-hydrogen) atoms. The molecule has 0 bridgehead atoms. The molecular weight excluding hydrogens is 318 g/mol. The second-order valence-electron chi connectivity index (χ2n) is 4.98. The predicted molar refractivity (Wildman–Crippen MR) is 75.4 cm³/mol. The first-order valence-electron chi connectivity index (χ1n) is 6.25. The maximum atomic E-state index is 11.9. The minimum Gasteiger partial charge on any atom is -0.440 e. The van der Waals surface area contributed by atoms with Crippen LogP contribution < -0.4 is 5.32 Å². The SMILES string of the molecule is O=C(NCC1(CBr)CCCCC1)c1ccc(Cl)o1. The molecule has 0 spiro atoms. The highest BCUT2D eigenvalue weighted by atomic mass is 79.9. The lowest BCUT2D eigenvalue weighted by Crippen LogP contribution is -2.40. The summed E-state index contributed by atoms with van der Waals surface area (Å²) in [7, 11) is 0. The van der Waals surface area contributed by atoms with Crippen molar-refractivity contribution in [3.8, 4) is 0 Å². The maximum absolute atomic E-state index is 11.9. The van der Waals surface area contributed by atoms with Gasteiger partial charge in [0.25, 0.3) is 5.91 Å². The van der Waals surface area contributed by atoms with E-state index in [1.54, 1.807) is 12.1 Å². The van der Waals surface area contributed by atoms with Gasteiger partial charge in [-0.15, -0.1) is 0 Å². The lowest BCUT2D eigenvalue weighted by molar-refractivity contribution is 0.0894. The smallest absolute Gasteiger partial charge is 0.287 e. The zero-order valence-corrected chi connectivity index (χ0v) is 12.5. The number of alkyl halides is 1. The summed E-state index contributed by atoms with van der Waals surface area (Å²) in [5, 5.41) is 4.13. The number of halogens is 2. The molecule has 0 unspecified atom stereocenters. The van der Waals surface area contributed by atoms with Gasteiger partial charge in [0.05, 0.1) is 0 Å². The number of hydrogen-bond donors (Lipinski definition) is 1. The van der Waals surface area contributed by atoms with Crippen LogP contribution in [-0.4, -0.2) is 17.8 Å². The van der Waals surface area contributed by atoms with Gasteiger partial charge in [-0.3, -0.25) is 4.79 Å². The van der Waals surface area contributed by atoms with Crippen molar-refractivity contribution < 1.29 is 9.21 Å². The summed E-state index contributed by atoms with van der Waals surface area (Å²) in [6.45, 7) is 0.690. The average Bonchev–Trinajstić information content (AvgIpc) is 2.84. The molecule has 1 aromatic rings. The van der Waals surface area contributed by atoms with Crippen molar-refractivity contribution in [2.45, 2.75) is 32.1 Å². The molecule has 1 aliphatic carbocycles. The lowest BCUT2D eigenvalue weighted by Gasteiger charge is -2.35. The molecule has 5 heteroatoms. The van der Waals surface area contributed by atoms with Gasteiger partial charge >= 0.3 is 0 Å². The first-order valence-corrected chi connectivity index (χ1v) is 7.75. The molecule has 0 aromatic carbocycles. The minimum atomic E-state index is -0.187. The first-order chi connectivity index (χ1) is 8.65. The van der Waals surface area contributed by atoms with Gasteiger partial charge in [0.1, 0.15) is 0 Å². The maximum Gasteiger partial charge on any atom is 0.287 e. The molecule has 1 aliphatic rings.